The minimum Gasteiger partial charge on any atom is -0.302 e. The molecule has 3 heteroatoms. The lowest BCUT2D eigenvalue weighted by molar-refractivity contribution is 0.343. The van der Waals surface area contributed by atoms with Crippen molar-refractivity contribution in [2.75, 3.05) is 19.6 Å². The Balaban J connectivity index is 1.96. The van der Waals surface area contributed by atoms with Gasteiger partial charge < -0.3 is 4.90 Å². The Morgan fingerprint density at radius 2 is 2.20 bits per heavy atom. The average molecular weight is 203 g/mol. The van der Waals surface area contributed by atoms with Crippen LogP contribution in [0.25, 0.3) is 0 Å². The molecule has 2 fully saturated rings. The second-order valence-corrected chi connectivity index (χ2v) is 4.90. The van der Waals surface area contributed by atoms with E-state index in [9.17, 15) is 0 Å². The third-order valence-corrected chi connectivity index (χ3v) is 3.80. The monoisotopic (exact) mass is 203 g/mol. The summed E-state index contributed by atoms with van der Waals surface area (Å²) in [5, 5.41) is 0. The van der Waals surface area contributed by atoms with Gasteiger partial charge in [0.1, 0.15) is 0 Å². The fraction of sp³-hybridized carbons (Fsp3) is 0.667. The largest absolute Gasteiger partial charge is 0.302 e. The van der Waals surface area contributed by atoms with Crippen LogP contribution in [0, 0.1) is 19.8 Å². The van der Waals surface area contributed by atoms with Crippen LogP contribution >= 0.6 is 0 Å². The van der Waals surface area contributed by atoms with Crippen LogP contribution in [0.1, 0.15) is 29.4 Å². The second kappa shape index (κ2) is 3.27. The predicted molar refractivity (Wildman–Crippen MR) is 58.8 cm³/mol. The molecule has 2 aliphatic heterocycles. The van der Waals surface area contributed by atoms with Crippen molar-refractivity contribution in [2.24, 2.45) is 5.92 Å². The van der Waals surface area contributed by atoms with Gasteiger partial charge in [-0.2, -0.15) is 0 Å². The Morgan fingerprint density at radius 1 is 1.33 bits per heavy atom. The number of nitrogens with zero attached hydrogens (tertiary/aromatic N) is 3. The molecular weight excluding hydrogens is 186 g/mol. The van der Waals surface area contributed by atoms with Gasteiger partial charge in [-0.05, 0) is 32.7 Å². The topological polar surface area (TPSA) is 29.0 Å². The van der Waals surface area contributed by atoms with Crippen LogP contribution in [0.4, 0.5) is 0 Å². The number of aryl methyl sites for hydroxylation is 2. The van der Waals surface area contributed by atoms with Gasteiger partial charge in [0.2, 0.25) is 0 Å². The Hall–Kier alpha value is -0.960. The molecule has 0 spiro atoms. The molecule has 0 radical (unpaired) electrons. The molecule has 0 aromatic carbocycles. The van der Waals surface area contributed by atoms with Crippen LogP contribution in [-0.4, -0.2) is 34.5 Å². The third-order valence-electron chi connectivity index (χ3n) is 3.80. The summed E-state index contributed by atoms with van der Waals surface area (Å²) in [6, 6.07) is 0. The molecule has 0 saturated carbocycles. The molecule has 0 N–H and O–H groups in total. The maximum absolute atomic E-state index is 4.68. The fourth-order valence-corrected chi connectivity index (χ4v) is 3.00. The van der Waals surface area contributed by atoms with E-state index in [1.165, 1.54) is 31.7 Å². The lowest BCUT2D eigenvalue weighted by Crippen LogP contribution is -2.23. The van der Waals surface area contributed by atoms with Gasteiger partial charge >= 0.3 is 0 Å². The van der Waals surface area contributed by atoms with Crippen molar-refractivity contribution in [2.45, 2.75) is 26.2 Å². The van der Waals surface area contributed by atoms with E-state index in [0.717, 1.165) is 17.3 Å². The van der Waals surface area contributed by atoms with Crippen LogP contribution in [0.3, 0.4) is 0 Å². The first-order valence-corrected chi connectivity index (χ1v) is 5.76. The van der Waals surface area contributed by atoms with Crippen molar-refractivity contribution in [3.05, 3.63) is 23.3 Å². The minimum absolute atomic E-state index is 0.645. The van der Waals surface area contributed by atoms with Gasteiger partial charge in [0.25, 0.3) is 0 Å². The number of fused-ring (bicyclic) bond motifs is 2. The molecule has 15 heavy (non-hydrogen) atoms. The molecular formula is C12H17N3. The molecule has 80 valence electrons. The highest BCUT2D eigenvalue weighted by Gasteiger charge is 2.40. The SMILES string of the molecule is Cc1cnc(C)c([C@@H]2CN3CC[C@@H]2C3)n1. The maximum atomic E-state index is 4.68. The smallest absolute Gasteiger partial charge is 0.0665 e. The summed E-state index contributed by atoms with van der Waals surface area (Å²) in [7, 11) is 0. The van der Waals surface area contributed by atoms with E-state index in [1.807, 2.05) is 13.1 Å². The summed E-state index contributed by atoms with van der Waals surface area (Å²) in [6.07, 6.45) is 3.21. The Kier molecular flexibility index (Phi) is 2.02. The molecule has 3 atom stereocenters. The van der Waals surface area contributed by atoms with Crippen LogP contribution in [0.2, 0.25) is 0 Å². The fourth-order valence-electron chi connectivity index (χ4n) is 3.00. The average Bonchev–Trinajstić information content (AvgIpc) is 2.83. The summed E-state index contributed by atoms with van der Waals surface area (Å²) in [5.74, 6) is 1.48. The zero-order chi connectivity index (χ0) is 10.4. The first-order valence-electron chi connectivity index (χ1n) is 5.76. The standard InChI is InChI=1S/C12H17N3/c1-8-5-13-9(2)12(14-8)11-7-15-4-3-10(11)6-15/h5,10-11H,3-4,6-7H2,1-2H3/t10-,11-/m1/s1. The van der Waals surface area contributed by atoms with Crippen molar-refractivity contribution < 1.29 is 0 Å². The second-order valence-electron chi connectivity index (χ2n) is 4.90. The predicted octanol–water partition coefficient (Wildman–Crippen LogP) is 1.51. The van der Waals surface area contributed by atoms with Crippen LogP contribution in [0.5, 0.6) is 0 Å². The number of aromatic nitrogens is 2. The highest BCUT2D eigenvalue weighted by Crippen LogP contribution is 2.39. The van der Waals surface area contributed by atoms with Crippen LogP contribution in [-0.2, 0) is 0 Å². The summed E-state index contributed by atoms with van der Waals surface area (Å²) in [5.41, 5.74) is 3.43. The maximum Gasteiger partial charge on any atom is 0.0665 e. The summed E-state index contributed by atoms with van der Waals surface area (Å²) in [6.45, 7) is 7.88. The van der Waals surface area contributed by atoms with E-state index in [-0.39, 0.29) is 0 Å². The first-order chi connectivity index (χ1) is 7.24. The van der Waals surface area contributed by atoms with Crippen LogP contribution < -0.4 is 0 Å². The van der Waals surface area contributed by atoms with Crippen molar-refractivity contribution in [1.29, 1.82) is 0 Å². The summed E-state index contributed by atoms with van der Waals surface area (Å²) < 4.78 is 0. The molecule has 3 heterocycles. The Labute approximate surface area is 90.5 Å². The third kappa shape index (κ3) is 1.46. The first kappa shape index (κ1) is 9.28. The molecule has 1 aromatic heterocycles. The lowest BCUT2D eigenvalue weighted by atomic mass is 9.88. The number of piperidine rings is 1. The molecule has 2 saturated heterocycles. The quantitative estimate of drug-likeness (QED) is 0.693. The van der Waals surface area contributed by atoms with Gasteiger partial charge in [0.15, 0.2) is 0 Å². The van der Waals surface area contributed by atoms with E-state index in [2.05, 4.69) is 21.8 Å². The highest BCUT2D eigenvalue weighted by molar-refractivity contribution is 5.21. The van der Waals surface area contributed by atoms with Crippen molar-refractivity contribution >= 4 is 0 Å². The van der Waals surface area contributed by atoms with Gasteiger partial charge in [-0.3, -0.25) is 9.97 Å². The van der Waals surface area contributed by atoms with Crippen molar-refractivity contribution in [3.63, 3.8) is 0 Å². The number of rotatable bonds is 1. The van der Waals surface area contributed by atoms with E-state index in [0.29, 0.717) is 5.92 Å². The zero-order valence-electron chi connectivity index (χ0n) is 9.40. The zero-order valence-corrected chi connectivity index (χ0v) is 9.40. The molecule has 1 unspecified atom stereocenters. The van der Waals surface area contributed by atoms with Crippen molar-refractivity contribution in [1.82, 2.24) is 14.9 Å². The minimum atomic E-state index is 0.645. The van der Waals surface area contributed by atoms with Gasteiger partial charge in [-0.15, -0.1) is 0 Å². The molecule has 0 amide bonds. The van der Waals surface area contributed by atoms with E-state index >= 15 is 0 Å². The normalized spacial score (nSPS) is 33.6. The molecule has 3 nitrogen and oxygen atoms in total. The van der Waals surface area contributed by atoms with E-state index < -0.39 is 0 Å². The van der Waals surface area contributed by atoms with E-state index in [4.69, 9.17) is 0 Å². The molecule has 3 rings (SSSR count). The van der Waals surface area contributed by atoms with E-state index in [1.54, 1.807) is 0 Å². The summed E-state index contributed by atoms with van der Waals surface area (Å²) in [4.78, 5) is 11.7. The molecule has 2 aliphatic rings. The molecule has 2 bridgehead atoms. The highest BCUT2D eigenvalue weighted by atomic mass is 15.2. The van der Waals surface area contributed by atoms with Gasteiger partial charge in [-0.25, -0.2) is 0 Å². The van der Waals surface area contributed by atoms with Crippen LogP contribution in [0.15, 0.2) is 6.20 Å². The Bertz CT molecular complexity index is 388. The van der Waals surface area contributed by atoms with Gasteiger partial charge in [-0.1, -0.05) is 0 Å². The van der Waals surface area contributed by atoms with Crippen molar-refractivity contribution in [3.8, 4) is 0 Å². The molecule has 1 aromatic rings. The lowest BCUT2D eigenvalue weighted by Gasteiger charge is -2.22. The summed E-state index contributed by atoms with van der Waals surface area (Å²) >= 11 is 0. The number of hydrogen-bond acceptors (Lipinski definition) is 3. The molecule has 0 aliphatic carbocycles. The van der Waals surface area contributed by atoms with Gasteiger partial charge in [0.05, 0.1) is 17.1 Å². The van der Waals surface area contributed by atoms with Gasteiger partial charge in [0, 0.05) is 25.2 Å². The Morgan fingerprint density at radius 3 is 2.87 bits per heavy atom. The number of hydrogen-bond donors (Lipinski definition) is 0.